The lowest BCUT2D eigenvalue weighted by Gasteiger charge is -2.16. The van der Waals surface area contributed by atoms with Gasteiger partial charge in [-0.1, -0.05) is 65.7 Å². The van der Waals surface area contributed by atoms with Gasteiger partial charge in [0.25, 0.3) is 11.8 Å². The number of fused-ring (bicyclic) bond motifs is 1. The largest absolute Gasteiger partial charge is 0.480 e. The molecule has 0 spiro atoms. The van der Waals surface area contributed by atoms with Gasteiger partial charge in [-0.05, 0) is 77.8 Å². The molecule has 0 radical (unpaired) electrons. The van der Waals surface area contributed by atoms with Crippen LogP contribution >= 0.6 is 23.2 Å². The maximum Gasteiger partial charge on any atom is 0.326 e. The standard InChI is InChI=1S/C35H32Cl2FN3O5/c36-29-16-25(23-8-7-21-4-2-5-22(21)15-23)17-30(37)32(29)34(44)41-31(35(45)46)12-11-28(42)19-40-33(43)24-6-1-3-20(13-24)14-27-10-9-26(38)18-39-27/h1-4,6-8,13,15-17,26,31H,5,9-12,14,18-19H2,(H,40,43)(H,41,44)(H,45,46)/t26?,31-/m1/s1. The second kappa shape index (κ2) is 14.8. The Morgan fingerprint density at radius 2 is 1.78 bits per heavy atom. The summed E-state index contributed by atoms with van der Waals surface area (Å²) in [5.74, 6) is -2.98. The van der Waals surface area contributed by atoms with Crippen LogP contribution in [0.1, 0.15) is 63.1 Å². The Labute approximate surface area is 275 Å². The number of aliphatic imine (C=N–C) groups is 1. The van der Waals surface area contributed by atoms with E-state index in [1.54, 1.807) is 30.3 Å². The second-order valence-electron chi connectivity index (χ2n) is 11.4. The number of hydrogen-bond acceptors (Lipinski definition) is 5. The molecule has 2 amide bonds. The Morgan fingerprint density at radius 1 is 1.00 bits per heavy atom. The first-order valence-corrected chi connectivity index (χ1v) is 15.7. The average molecular weight is 665 g/mol. The number of carbonyl (C=O) groups excluding carboxylic acids is 3. The number of rotatable bonds is 12. The van der Waals surface area contributed by atoms with Crippen LogP contribution in [0.5, 0.6) is 0 Å². The third kappa shape index (κ3) is 8.27. The number of carboxylic acid groups (broad SMARTS) is 1. The molecule has 1 aliphatic carbocycles. The SMILES string of the molecule is O=C(CC[C@@H](NC(=O)c1c(Cl)cc(-c2ccc3c(c2)CC=C3)cc1Cl)C(=O)O)CNC(=O)c1cccc(CC2=NCC(F)CC2)c1. The highest BCUT2D eigenvalue weighted by atomic mass is 35.5. The molecule has 0 aromatic heterocycles. The summed E-state index contributed by atoms with van der Waals surface area (Å²) in [6, 6.07) is 14.7. The molecule has 0 saturated heterocycles. The number of aliphatic carboxylic acids is 1. The summed E-state index contributed by atoms with van der Waals surface area (Å²) in [5.41, 5.74) is 5.93. The molecule has 11 heteroatoms. The predicted molar refractivity (Wildman–Crippen MR) is 177 cm³/mol. The number of nitrogens with one attached hydrogen (secondary N) is 2. The molecule has 1 heterocycles. The van der Waals surface area contributed by atoms with Crippen LogP contribution in [-0.4, -0.2) is 59.7 Å². The molecule has 1 aliphatic heterocycles. The fourth-order valence-corrected chi connectivity index (χ4v) is 6.14. The minimum atomic E-state index is -1.39. The van der Waals surface area contributed by atoms with E-state index in [-0.39, 0.29) is 41.5 Å². The quantitative estimate of drug-likeness (QED) is 0.210. The fraction of sp³-hybridized carbons (Fsp3) is 0.286. The van der Waals surface area contributed by atoms with Crippen molar-refractivity contribution in [1.82, 2.24) is 10.6 Å². The number of ketones is 1. The third-order valence-corrected chi connectivity index (χ3v) is 8.59. The molecule has 2 aliphatic rings. The van der Waals surface area contributed by atoms with E-state index in [2.05, 4.69) is 27.8 Å². The summed E-state index contributed by atoms with van der Waals surface area (Å²) in [5, 5.41) is 14.8. The Hall–Kier alpha value is -4.34. The number of hydrogen-bond donors (Lipinski definition) is 3. The molecule has 2 atom stereocenters. The number of amides is 2. The van der Waals surface area contributed by atoms with Gasteiger partial charge in [-0.15, -0.1) is 0 Å². The van der Waals surface area contributed by atoms with Crippen LogP contribution in [0.15, 0.2) is 65.7 Å². The monoisotopic (exact) mass is 663 g/mol. The van der Waals surface area contributed by atoms with E-state index in [0.29, 0.717) is 30.4 Å². The Bertz CT molecular complexity index is 1730. The lowest BCUT2D eigenvalue weighted by Crippen LogP contribution is -2.41. The molecule has 8 nitrogen and oxygen atoms in total. The number of nitrogens with zero attached hydrogens (tertiary/aromatic N) is 1. The Balaban J connectivity index is 1.14. The highest BCUT2D eigenvalue weighted by molar-refractivity contribution is 6.40. The van der Waals surface area contributed by atoms with Crippen LogP contribution in [-0.2, 0) is 22.4 Å². The first-order chi connectivity index (χ1) is 22.1. The highest BCUT2D eigenvalue weighted by Gasteiger charge is 2.25. The summed E-state index contributed by atoms with van der Waals surface area (Å²) < 4.78 is 13.4. The first kappa shape index (κ1) is 33.0. The zero-order chi connectivity index (χ0) is 32.8. The van der Waals surface area contributed by atoms with Gasteiger partial charge in [-0.3, -0.25) is 19.4 Å². The number of halogens is 3. The lowest BCUT2D eigenvalue weighted by molar-refractivity contribution is -0.139. The van der Waals surface area contributed by atoms with Gasteiger partial charge < -0.3 is 15.7 Å². The summed E-state index contributed by atoms with van der Waals surface area (Å²) in [7, 11) is 0. The normalized spacial score (nSPS) is 15.9. The van der Waals surface area contributed by atoms with Crippen LogP contribution in [0.2, 0.25) is 10.0 Å². The molecule has 0 fully saturated rings. The molecule has 238 valence electrons. The van der Waals surface area contributed by atoms with E-state index in [1.807, 2.05) is 24.3 Å². The van der Waals surface area contributed by atoms with E-state index < -0.39 is 35.8 Å². The van der Waals surface area contributed by atoms with E-state index in [0.717, 1.165) is 28.8 Å². The maximum absolute atomic E-state index is 13.4. The van der Waals surface area contributed by atoms with Gasteiger partial charge in [-0.25, -0.2) is 9.18 Å². The molecular weight excluding hydrogens is 632 g/mol. The maximum atomic E-state index is 13.4. The molecule has 3 N–H and O–H groups in total. The van der Waals surface area contributed by atoms with Gasteiger partial charge in [0, 0.05) is 24.1 Å². The van der Waals surface area contributed by atoms with Gasteiger partial charge >= 0.3 is 5.97 Å². The van der Waals surface area contributed by atoms with Crippen molar-refractivity contribution < 1.29 is 28.7 Å². The Morgan fingerprint density at radius 3 is 2.50 bits per heavy atom. The van der Waals surface area contributed by atoms with E-state index in [9.17, 15) is 28.7 Å². The van der Waals surface area contributed by atoms with Gasteiger partial charge in [0.2, 0.25) is 0 Å². The number of carbonyl (C=O) groups is 4. The van der Waals surface area contributed by atoms with Gasteiger partial charge in [0.15, 0.2) is 5.78 Å². The van der Waals surface area contributed by atoms with Crippen LogP contribution in [0, 0.1) is 0 Å². The lowest BCUT2D eigenvalue weighted by atomic mass is 9.99. The van der Waals surface area contributed by atoms with E-state index in [4.69, 9.17) is 23.2 Å². The molecule has 5 rings (SSSR count). The smallest absolute Gasteiger partial charge is 0.326 e. The minimum Gasteiger partial charge on any atom is -0.480 e. The number of allylic oxidation sites excluding steroid dienone is 1. The average Bonchev–Trinajstić information content (AvgIpc) is 3.51. The third-order valence-electron chi connectivity index (χ3n) is 8.00. The van der Waals surface area contributed by atoms with Crippen molar-refractivity contribution in [2.24, 2.45) is 4.99 Å². The van der Waals surface area contributed by atoms with Crippen LogP contribution in [0.4, 0.5) is 4.39 Å². The molecule has 46 heavy (non-hydrogen) atoms. The van der Waals surface area contributed by atoms with Gasteiger partial charge in [0.1, 0.15) is 12.2 Å². The summed E-state index contributed by atoms with van der Waals surface area (Å²) >= 11 is 12.9. The minimum absolute atomic E-state index is 0.0609. The zero-order valence-corrected chi connectivity index (χ0v) is 26.3. The molecule has 3 aromatic carbocycles. The number of carboxylic acids is 1. The van der Waals surface area contributed by atoms with Crippen molar-refractivity contribution in [3.63, 3.8) is 0 Å². The number of Topliss-reactive ketones (excluding diaryl/α,β-unsaturated/α-hetero) is 1. The van der Waals surface area contributed by atoms with Crippen molar-refractivity contribution >= 4 is 58.6 Å². The molecule has 3 aromatic rings. The number of alkyl halides is 1. The van der Waals surface area contributed by atoms with Crippen molar-refractivity contribution in [2.45, 2.75) is 50.7 Å². The fourth-order valence-electron chi connectivity index (χ4n) is 5.48. The molecular formula is C35H32Cl2FN3O5. The molecule has 0 bridgehead atoms. The summed E-state index contributed by atoms with van der Waals surface area (Å²) in [6.07, 6.45) is 5.16. The van der Waals surface area contributed by atoms with Crippen LogP contribution in [0.25, 0.3) is 17.2 Å². The highest BCUT2D eigenvalue weighted by Crippen LogP contribution is 2.34. The van der Waals surface area contributed by atoms with Crippen molar-refractivity contribution in [3.05, 3.63) is 98.5 Å². The Kier molecular flexibility index (Phi) is 10.7. The van der Waals surface area contributed by atoms with E-state index >= 15 is 0 Å². The second-order valence-corrected chi connectivity index (χ2v) is 12.2. The first-order valence-electron chi connectivity index (χ1n) is 14.9. The van der Waals surface area contributed by atoms with Crippen molar-refractivity contribution in [2.75, 3.05) is 13.1 Å². The predicted octanol–water partition coefficient (Wildman–Crippen LogP) is 6.31. The number of benzene rings is 3. The molecule has 1 unspecified atom stereocenters. The topological polar surface area (TPSA) is 125 Å². The van der Waals surface area contributed by atoms with Gasteiger partial charge in [0.05, 0.1) is 28.7 Å². The zero-order valence-electron chi connectivity index (χ0n) is 24.8. The van der Waals surface area contributed by atoms with Gasteiger partial charge in [-0.2, -0.15) is 0 Å². The van der Waals surface area contributed by atoms with Crippen LogP contribution in [0.3, 0.4) is 0 Å². The summed E-state index contributed by atoms with van der Waals surface area (Å²) in [6.45, 7) is -0.154. The van der Waals surface area contributed by atoms with Crippen molar-refractivity contribution in [1.29, 1.82) is 0 Å². The van der Waals surface area contributed by atoms with Crippen LogP contribution < -0.4 is 10.6 Å². The molecule has 0 saturated carbocycles. The van der Waals surface area contributed by atoms with E-state index in [1.165, 1.54) is 5.56 Å². The van der Waals surface area contributed by atoms with Crippen molar-refractivity contribution in [3.8, 4) is 11.1 Å². The summed E-state index contributed by atoms with van der Waals surface area (Å²) in [4.78, 5) is 54.5.